The fourth-order valence-corrected chi connectivity index (χ4v) is 3.99. The zero-order chi connectivity index (χ0) is 17.6. The van der Waals surface area contributed by atoms with Gasteiger partial charge < -0.3 is 9.53 Å². The molecule has 3 nitrogen and oxygen atoms in total. The molecule has 0 fully saturated rings. The third kappa shape index (κ3) is 3.19. The average molecular weight is 342 g/mol. The average Bonchev–Trinajstić information content (AvgIpc) is 2.79. The lowest BCUT2D eigenvalue weighted by Gasteiger charge is -2.38. The standard InChI is InChI=1S/C17H24F2O3Si/c1-16(2,3)23(4,5)22-14-10-9-11-12(14)7-6-8-13(11)17(18,19)15(20)21/h6-8,14H,9-10H2,1-5H3,(H,20,21)/t14-/m0/s1. The van der Waals surface area contributed by atoms with Crippen molar-refractivity contribution in [1.82, 2.24) is 0 Å². The lowest BCUT2D eigenvalue weighted by molar-refractivity contribution is -0.166. The Labute approximate surface area is 136 Å². The van der Waals surface area contributed by atoms with E-state index in [1.54, 1.807) is 6.07 Å². The zero-order valence-corrected chi connectivity index (χ0v) is 15.2. The molecule has 6 heteroatoms. The SMILES string of the molecule is CC(C)(C)[Si](C)(C)O[C@H]1CCc2c1cccc2C(F)(F)C(=O)O. The van der Waals surface area contributed by atoms with Crippen molar-refractivity contribution in [2.24, 2.45) is 0 Å². The van der Waals surface area contributed by atoms with Gasteiger partial charge in [0.25, 0.3) is 0 Å². The van der Waals surface area contributed by atoms with E-state index in [-0.39, 0.29) is 11.1 Å². The third-order valence-corrected chi connectivity index (χ3v) is 9.55. The van der Waals surface area contributed by atoms with Crippen molar-refractivity contribution in [2.75, 3.05) is 0 Å². The molecule has 1 aromatic carbocycles. The molecular weight excluding hydrogens is 318 g/mol. The lowest BCUT2D eigenvalue weighted by atomic mass is 9.98. The van der Waals surface area contributed by atoms with Gasteiger partial charge >= 0.3 is 11.9 Å². The highest BCUT2D eigenvalue weighted by Crippen LogP contribution is 2.46. The molecule has 0 aromatic heterocycles. The summed E-state index contributed by atoms with van der Waals surface area (Å²) in [6.07, 6.45) is 0.817. The normalized spacial score (nSPS) is 18.8. The van der Waals surface area contributed by atoms with Crippen LogP contribution < -0.4 is 0 Å². The van der Waals surface area contributed by atoms with E-state index < -0.39 is 25.8 Å². The molecule has 1 aromatic rings. The van der Waals surface area contributed by atoms with Crippen LogP contribution in [-0.4, -0.2) is 19.4 Å². The number of carboxylic acids is 1. The minimum atomic E-state index is -3.86. The van der Waals surface area contributed by atoms with Gasteiger partial charge in [-0.05, 0) is 42.1 Å². The van der Waals surface area contributed by atoms with E-state index in [4.69, 9.17) is 9.53 Å². The third-order valence-electron chi connectivity index (χ3n) is 5.07. The Morgan fingerprint density at radius 2 is 1.91 bits per heavy atom. The molecule has 0 radical (unpaired) electrons. The summed E-state index contributed by atoms with van der Waals surface area (Å²) in [5, 5.41) is 8.84. The van der Waals surface area contributed by atoms with Crippen LogP contribution in [0.25, 0.3) is 0 Å². The number of hydrogen-bond acceptors (Lipinski definition) is 2. The maximum absolute atomic E-state index is 14.0. The molecule has 1 N–H and O–H groups in total. The van der Waals surface area contributed by atoms with Crippen LogP contribution >= 0.6 is 0 Å². The predicted molar refractivity (Wildman–Crippen MR) is 87.3 cm³/mol. The van der Waals surface area contributed by atoms with Gasteiger partial charge in [0.2, 0.25) is 0 Å². The summed E-state index contributed by atoms with van der Waals surface area (Å²) < 4.78 is 34.3. The van der Waals surface area contributed by atoms with Gasteiger partial charge in [0.15, 0.2) is 8.32 Å². The van der Waals surface area contributed by atoms with Crippen LogP contribution in [0.2, 0.25) is 18.1 Å². The number of carboxylic acid groups (broad SMARTS) is 1. The second-order valence-corrected chi connectivity index (χ2v) is 12.4. The van der Waals surface area contributed by atoms with Crippen LogP contribution in [0, 0.1) is 0 Å². The molecular formula is C17H24F2O3Si. The Balaban J connectivity index is 2.38. The van der Waals surface area contributed by atoms with Gasteiger partial charge in [0.1, 0.15) is 0 Å². The smallest absolute Gasteiger partial charge is 0.379 e. The summed E-state index contributed by atoms with van der Waals surface area (Å²) in [5.74, 6) is -5.98. The fraction of sp³-hybridized carbons (Fsp3) is 0.588. The molecule has 2 rings (SSSR count). The van der Waals surface area contributed by atoms with Gasteiger partial charge in [-0.3, -0.25) is 0 Å². The van der Waals surface area contributed by atoms with Gasteiger partial charge in [-0.1, -0.05) is 39.0 Å². The van der Waals surface area contributed by atoms with E-state index in [1.165, 1.54) is 12.1 Å². The Morgan fingerprint density at radius 1 is 1.30 bits per heavy atom. The molecule has 0 spiro atoms. The summed E-state index contributed by atoms with van der Waals surface area (Å²) in [5.41, 5.74) is 0.751. The Kier molecular flexibility index (Phi) is 4.45. The number of carbonyl (C=O) groups is 1. The number of hydrogen-bond donors (Lipinski definition) is 1. The molecule has 23 heavy (non-hydrogen) atoms. The quantitative estimate of drug-likeness (QED) is 0.794. The Morgan fingerprint density at radius 3 is 2.43 bits per heavy atom. The predicted octanol–water partition coefficient (Wildman–Crippen LogP) is 4.87. The summed E-state index contributed by atoms with van der Waals surface area (Å²) in [4.78, 5) is 10.9. The fourth-order valence-electron chi connectivity index (χ4n) is 2.68. The summed E-state index contributed by atoms with van der Waals surface area (Å²) in [7, 11) is -2.03. The molecule has 0 saturated heterocycles. The number of halogens is 2. The van der Waals surface area contributed by atoms with Crippen molar-refractivity contribution in [1.29, 1.82) is 0 Å². The first-order chi connectivity index (χ1) is 10.4. The van der Waals surface area contributed by atoms with E-state index in [9.17, 15) is 13.6 Å². The topological polar surface area (TPSA) is 46.5 Å². The van der Waals surface area contributed by atoms with Crippen molar-refractivity contribution in [2.45, 2.75) is 63.8 Å². The van der Waals surface area contributed by atoms with E-state index in [0.717, 1.165) is 0 Å². The van der Waals surface area contributed by atoms with Gasteiger partial charge in [0.05, 0.1) is 6.10 Å². The molecule has 1 aliphatic carbocycles. The van der Waals surface area contributed by atoms with Gasteiger partial charge in [-0.25, -0.2) is 4.79 Å². The Bertz CT molecular complexity index is 621. The van der Waals surface area contributed by atoms with Crippen LogP contribution in [-0.2, 0) is 21.6 Å². The number of rotatable bonds is 4. The van der Waals surface area contributed by atoms with Crippen molar-refractivity contribution in [3.05, 3.63) is 34.9 Å². The molecule has 1 aliphatic rings. The monoisotopic (exact) mass is 342 g/mol. The number of fused-ring (bicyclic) bond motifs is 1. The first-order valence-electron chi connectivity index (χ1n) is 7.79. The highest BCUT2D eigenvalue weighted by atomic mass is 28.4. The first-order valence-corrected chi connectivity index (χ1v) is 10.7. The van der Waals surface area contributed by atoms with Gasteiger partial charge in [-0.2, -0.15) is 8.78 Å². The number of aliphatic carboxylic acids is 1. The molecule has 0 amide bonds. The number of alkyl halides is 2. The highest BCUT2D eigenvalue weighted by molar-refractivity contribution is 6.74. The highest BCUT2D eigenvalue weighted by Gasteiger charge is 2.46. The van der Waals surface area contributed by atoms with Gasteiger partial charge in [-0.15, -0.1) is 0 Å². The summed E-state index contributed by atoms with van der Waals surface area (Å²) >= 11 is 0. The molecule has 0 bridgehead atoms. The lowest BCUT2D eigenvalue weighted by Crippen LogP contribution is -2.41. The molecule has 0 heterocycles. The van der Waals surface area contributed by atoms with Crippen molar-refractivity contribution >= 4 is 14.3 Å². The maximum atomic E-state index is 14.0. The van der Waals surface area contributed by atoms with E-state index in [0.29, 0.717) is 24.0 Å². The van der Waals surface area contributed by atoms with E-state index >= 15 is 0 Å². The second-order valence-electron chi connectivity index (χ2n) is 7.66. The summed E-state index contributed by atoms with van der Waals surface area (Å²) in [6.45, 7) is 10.6. The molecule has 0 saturated carbocycles. The minimum absolute atomic E-state index is 0.0262. The van der Waals surface area contributed by atoms with Crippen LogP contribution in [0.15, 0.2) is 18.2 Å². The van der Waals surface area contributed by atoms with E-state index in [2.05, 4.69) is 33.9 Å². The largest absolute Gasteiger partial charge is 0.477 e. The minimum Gasteiger partial charge on any atom is -0.477 e. The molecule has 0 unspecified atom stereocenters. The molecule has 0 aliphatic heterocycles. The molecule has 128 valence electrons. The number of benzene rings is 1. The van der Waals surface area contributed by atoms with Crippen LogP contribution in [0.4, 0.5) is 8.78 Å². The van der Waals surface area contributed by atoms with Crippen LogP contribution in [0.3, 0.4) is 0 Å². The summed E-state index contributed by atoms with van der Waals surface area (Å²) in [6, 6.07) is 4.49. The van der Waals surface area contributed by atoms with Crippen molar-refractivity contribution in [3.63, 3.8) is 0 Å². The zero-order valence-electron chi connectivity index (χ0n) is 14.2. The Hall–Kier alpha value is -1.27. The van der Waals surface area contributed by atoms with Crippen LogP contribution in [0.5, 0.6) is 0 Å². The second kappa shape index (κ2) is 5.67. The first kappa shape index (κ1) is 18.1. The maximum Gasteiger partial charge on any atom is 0.379 e. The molecule has 1 atom stereocenters. The van der Waals surface area contributed by atoms with Crippen molar-refractivity contribution in [3.8, 4) is 0 Å². The van der Waals surface area contributed by atoms with E-state index in [1.807, 2.05) is 0 Å². The van der Waals surface area contributed by atoms with Gasteiger partial charge in [0, 0.05) is 5.56 Å². The van der Waals surface area contributed by atoms with Crippen molar-refractivity contribution < 1.29 is 23.1 Å². The van der Waals surface area contributed by atoms with Crippen LogP contribution in [0.1, 0.15) is 50.0 Å².